The molecule has 0 aliphatic heterocycles. The largest absolute Gasteiger partial charge is 0.370 e. The zero-order valence-electron chi connectivity index (χ0n) is 11.2. The number of hydrogen-bond acceptors (Lipinski definition) is 3. The summed E-state index contributed by atoms with van der Waals surface area (Å²) >= 11 is 0. The number of hydrogen-bond donors (Lipinski definition) is 1. The highest BCUT2D eigenvalue weighted by Gasteiger charge is 2.10. The summed E-state index contributed by atoms with van der Waals surface area (Å²) in [6.45, 7) is 2.84. The van der Waals surface area contributed by atoms with E-state index in [0.717, 1.165) is 6.54 Å². The Hall–Kier alpha value is -1.81. The van der Waals surface area contributed by atoms with Gasteiger partial charge < -0.3 is 10.6 Å². The Balaban J connectivity index is 2.20. The summed E-state index contributed by atoms with van der Waals surface area (Å²) in [4.78, 5) is 2.20. The monoisotopic (exact) mass is 244 g/mol. The van der Waals surface area contributed by atoms with Crippen LogP contribution < -0.4 is 10.6 Å². The van der Waals surface area contributed by atoms with Crippen molar-refractivity contribution < 1.29 is 0 Å². The van der Waals surface area contributed by atoms with Crippen LogP contribution in [0.15, 0.2) is 36.7 Å². The second-order valence-corrected chi connectivity index (χ2v) is 4.73. The summed E-state index contributed by atoms with van der Waals surface area (Å²) in [5, 5.41) is 4.19. The van der Waals surface area contributed by atoms with Crippen LogP contribution in [0.4, 0.5) is 5.69 Å². The molecule has 2 rings (SSSR count). The van der Waals surface area contributed by atoms with Gasteiger partial charge in [-0.15, -0.1) is 0 Å². The summed E-state index contributed by atoms with van der Waals surface area (Å²) in [5.74, 6) is 0. The van der Waals surface area contributed by atoms with Gasteiger partial charge in [-0.25, -0.2) is 0 Å². The lowest BCUT2D eigenvalue weighted by Crippen LogP contribution is -2.19. The van der Waals surface area contributed by atoms with Crippen molar-refractivity contribution in [3.63, 3.8) is 0 Å². The van der Waals surface area contributed by atoms with E-state index in [1.165, 1.54) is 16.8 Å². The molecule has 2 N–H and O–H groups in total. The van der Waals surface area contributed by atoms with E-state index < -0.39 is 0 Å². The molecule has 0 aliphatic rings. The predicted molar refractivity (Wildman–Crippen MR) is 74.4 cm³/mol. The third-order valence-corrected chi connectivity index (χ3v) is 3.02. The first-order valence-corrected chi connectivity index (χ1v) is 6.11. The van der Waals surface area contributed by atoms with E-state index in [0.29, 0.717) is 0 Å². The highest BCUT2D eigenvalue weighted by molar-refractivity contribution is 5.54. The summed E-state index contributed by atoms with van der Waals surface area (Å²) in [6, 6.07) is 8.30. The van der Waals surface area contributed by atoms with Gasteiger partial charge in [-0.3, -0.25) is 4.68 Å². The number of nitrogens with zero attached hydrogens (tertiary/aromatic N) is 3. The third-order valence-electron chi connectivity index (χ3n) is 3.02. The van der Waals surface area contributed by atoms with Crippen molar-refractivity contribution in [2.75, 3.05) is 11.9 Å². The second kappa shape index (κ2) is 5.23. The van der Waals surface area contributed by atoms with Crippen LogP contribution in [-0.4, -0.2) is 16.8 Å². The Bertz CT molecular complexity index is 516. The van der Waals surface area contributed by atoms with Gasteiger partial charge in [0.2, 0.25) is 0 Å². The molecule has 0 unspecified atom stereocenters. The molecule has 1 aromatic carbocycles. The Morgan fingerprint density at radius 2 is 2.11 bits per heavy atom. The van der Waals surface area contributed by atoms with Crippen molar-refractivity contribution in [3.8, 4) is 0 Å². The first-order valence-electron chi connectivity index (χ1n) is 6.11. The van der Waals surface area contributed by atoms with E-state index in [1.54, 1.807) is 0 Å². The van der Waals surface area contributed by atoms with Crippen LogP contribution in [-0.2, 0) is 13.6 Å². The molecule has 0 fully saturated rings. The van der Waals surface area contributed by atoms with Crippen molar-refractivity contribution >= 4 is 5.69 Å². The standard InChI is InChI=1S/C14H20N4/c1-11(15)13-6-4-5-7-14(13)17(2)9-12-8-16-18(3)10-12/h4-8,10-11H,9,15H2,1-3H3/t11-/m1/s1. The van der Waals surface area contributed by atoms with Crippen LogP contribution in [0, 0.1) is 0 Å². The number of benzene rings is 1. The van der Waals surface area contributed by atoms with Crippen molar-refractivity contribution in [2.24, 2.45) is 12.8 Å². The molecule has 0 bridgehead atoms. The van der Waals surface area contributed by atoms with Gasteiger partial charge in [0.25, 0.3) is 0 Å². The molecule has 1 atom stereocenters. The number of nitrogens with two attached hydrogens (primary N) is 1. The normalized spacial score (nSPS) is 12.4. The topological polar surface area (TPSA) is 47.1 Å². The van der Waals surface area contributed by atoms with Gasteiger partial charge in [0.1, 0.15) is 0 Å². The summed E-state index contributed by atoms with van der Waals surface area (Å²) < 4.78 is 1.82. The van der Waals surface area contributed by atoms with Crippen LogP contribution in [0.3, 0.4) is 0 Å². The molecule has 0 radical (unpaired) electrons. The van der Waals surface area contributed by atoms with Gasteiger partial charge in [0.15, 0.2) is 0 Å². The fourth-order valence-corrected chi connectivity index (χ4v) is 2.13. The van der Waals surface area contributed by atoms with Crippen LogP contribution in [0.2, 0.25) is 0 Å². The van der Waals surface area contributed by atoms with E-state index in [4.69, 9.17) is 5.73 Å². The van der Waals surface area contributed by atoms with Gasteiger partial charge in [-0.1, -0.05) is 18.2 Å². The van der Waals surface area contributed by atoms with Crippen molar-refractivity contribution in [1.29, 1.82) is 0 Å². The summed E-state index contributed by atoms with van der Waals surface area (Å²) in [5.41, 5.74) is 9.55. The number of para-hydroxylation sites is 1. The Morgan fingerprint density at radius 1 is 1.39 bits per heavy atom. The van der Waals surface area contributed by atoms with Crippen LogP contribution in [0.1, 0.15) is 24.1 Å². The fraction of sp³-hybridized carbons (Fsp3) is 0.357. The van der Waals surface area contributed by atoms with Crippen molar-refractivity contribution in [3.05, 3.63) is 47.8 Å². The lowest BCUT2D eigenvalue weighted by Gasteiger charge is -2.23. The second-order valence-electron chi connectivity index (χ2n) is 4.73. The number of anilines is 1. The van der Waals surface area contributed by atoms with Gasteiger partial charge in [-0.2, -0.15) is 5.10 Å². The van der Waals surface area contributed by atoms with Crippen LogP contribution in [0.25, 0.3) is 0 Å². The maximum absolute atomic E-state index is 6.01. The van der Waals surface area contributed by atoms with Gasteiger partial charge in [0.05, 0.1) is 6.20 Å². The minimum Gasteiger partial charge on any atom is -0.370 e. The van der Waals surface area contributed by atoms with E-state index in [2.05, 4.69) is 29.2 Å². The molecule has 96 valence electrons. The van der Waals surface area contributed by atoms with E-state index in [-0.39, 0.29) is 6.04 Å². The minimum atomic E-state index is 0.0394. The average Bonchev–Trinajstić information content (AvgIpc) is 2.74. The first-order chi connectivity index (χ1) is 8.58. The number of rotatable bonds is 4. The molecule has 1 heterocycles. The lowest BCUT2D eigenvalue weighted by atomic mass is 10.1. The van der Waals surface area contributed by atoms with Crippen LogP contribution in [0.5, 0.6) is 0 Å². The molecule has 4 heteroatoms. The SMILES string of the molecule is C[C@@H](N)c1ccccc1N(C)Cc1cnn(C)c1. The molecule has 0 spiro atoms. The van der Waals surface area contributed by atoms with Gasteiger partial charge >= 0.3 is 0 Å². The maximum atomic E-state index is 6.01. The lowest BCUT2D eigenvalue weighted by molar-refractivity contribution is 0.766. The Labute approximate surface area is 108 Å². The summed E-state index contributed by atoms with van der Waals surface area (Å²) in [7, 11) is 4.01. The van der Waals surface area contributed by atoms with E-state index in [9.17, 15) is 0 Å². The molecular weight excluding hydrogens is 224 g/mol. The molecule has 0 aliphatic carbocycles. The highest BCUT2D eigenvalue weighted by atomic mass is 15.2. The quantitative estimate of drug-likeness (QED) is 0.895. The number of aryl methyl sites for hydroxylation is 1. The van der Waals surface area contributed by atoms with Gasteiger partial charge in [0, 0.05) is 44.1 Å². The van der Waals surface area contributed by atoms with E-state index >= 15 is 0 Å². The van der Waals surface area contributed by atoms with Crippen molar-refractivity contribution in [1.82, 2.24) is 9.78 Å². The molecule has 1 aromatic heterocycles. The molecule has 0 amide bonds. The fourth-order valence-electron chi connectivity index (χ4n) is 2.13. The first kappa shape index (κ1) is 12.6. The molecule has 0 saturated carbocycles. The van der Waals surface area contributed by atoms with E-state index in [1.807, 2.05) is 43.2 Å². The molecule has 4 nitrogen and oxygen atoms in total. The maximum Gasteiger partial charge on any atom is 0.0539 e. The highest BCUT2D eigenvalue weighted by Crippen LogP contribution is 2.25. The van der Waals surface area contributed by atoms with Crippen LogP contribution >= 0.6 is 0 Å². The Kier molecular flexibility index (Phi) is 3.67. The smallest absolute Gasteiger partial charge is 0.0539 e. The van der Waals surface area contributed by atoms with Crippen molar-refractivity contribution in [2.45, 2.75) is 19.5 Å². The zero-order valence-corrected chi connectivity index (χ0v) is 11.2. The molecular formula is C14H20N4. The summed E-state index contributed by atoms with van der Waals surface area (Å²) in [6.07, 6.45) is 3.93. The zero-order chi connectivity index (χ0) is 13.1. The Morgan fingerprint density at radius 3 is 2.72 bits per heavy atom. The third kappa shape index (κ3) is 2.71. The van der Waals surface area contributed by atoms with Gasteiger partial charge in [-0.05, 0) is 18.6 Å². The molecule has 18 heavy (non-hydrogen) atoms. The number of aromatic nitrogens is 2. The average molecular weight is 244 g/mol. The minimum absolute atomic E-state index is 0.0394. The molecule has 2 aromatic rings. The predicted octanol–water partition coefficient (Wildman–Crippen LogP) is 2.08. The molecule has 0 saturated heterocycles.